The molecule has 1 aliphatic heterocycles. The Balaban J connectivity index is 0.00000320. The van der Waals surface area contributed by atoms with E-state index in [-0.39, 0.29) is 42.2 Å². The van der Waals surface area contributed by atoms with E-state index in [1.54, 1.807) is 12.1 Å². The summed E-state index contributed by atoms with van der Waals surface area (Å²) in [6.45, 7) is 6.11. The Morgan fingerprint density at radius 2 is 1.67 bits per heavy atom. The summed E-state index contributed by atoms with van der Waals surface area (Å²) >= 11 is 0. The summed E-state index contributed by atoms with van der Waals surface area (Å²) in [5.41, 5.74) is 1.69. The smallest absolute Gasteiger partial charge is 0.242 e. The number of guanidine groups is 1. The lowest BCUT2D eigenvalue weighted by molar-refractivity contribution is -0.119. The zero-order chi connectivity index (χ0) is 20.5. The molecule has 0 aromatic heterocycles. The van der Waals surface area contributed by atoms with Crippen LogP contribution < -0.4 is 15.5 Å². The van der Waals surface area contributed by atoms with Gasteiger partial charge in [-0.1, -0.05) is 42.5 Å². The van der Waals surface area contributed by atoms with Gasteiger partial charge >= 0.3 is 0 Å². The first-order chi connectivity index (χ1) is 14.2. The second-order valence-corrected chi connectivity index (χ2v) is 6.86. The molecule has 1 fully saturated rings. The van der Waals surface area contributed by atoms with Crippen molar-refractivity contribution in [2.75, 3.05) is 44.2 Å². The van der Waals surface area contributed by atoms with Crippen molar-refractivity contribution in [3.8, 4) is 0 Å². The quantitative estimate of drug-likeness (QED) is 0.346. The Morgan fingerprint density at radius 3 is 2.33 bits per heavy atom. The van der Waals surface area contributed by atoms with E-state index in [1.807, 2.05) is 48.2 Å². The van der Waals surface area contributed by atoms with Crippen LogP contribution in [0.25, 0.3) is 0 Å². The summed E-state index contributed by atoms with van der Waals surface area (Å²) in [7, 11) is 0. The third kappa shape index (κ3) is 6.86. The first kappa shape index (κ1) is 23.9. The van der Waals surface area contributed by atoms with Gasteiger partial charge < -0.3 is 20.4 Å². The number of nitrogens with zero attached hydrogens (tertiary/aromatic N) is 3. The van der Waals surface area contributed by atoms with Crippen molar-refractivity contribution in [1.82, 2.24) is 15.5 Å². The van der Waals surface area contributed by atoms with Crippen LogP contribution in [0.15, 0.2) is 59.6 Å². The lowest BCUT2D eigenvalue weighted by Crippen LogP contribution is -2.53. The molecule has 0 bridgehead atoms. The van der Waals surface area contributed by atoms with Crippen molar-refractivity contribution < 1.29 is 9.18 Å². The lowest BCUT2D eigenvalue weighted by atomic mass is 10.2. The minimum absolute atomic E-state index is 0. The maximum Gasteiger partial charge on any atom is 0.242 e. The summed E-state index contributed by atoms with van der Waals surface area (Å²) in [6, 6.07) is 16.6. The number of carbonyl (C=O) groups is 1. The predicted molar refractivity (Wildman–Crippen MR) is 130 cm³/mol. The molecule has 2 aromatic carbocycles. The number of piperazine rings is 1. The molecule has 6 nitrogen and oxygen atoms in total. The molecule has 0 aliphatic carbocycles. The van der Waals surface area contributed by atoms with Gasteiger partial charge in [0, 0.05) is 39.3 Å². The number of benzene rings is 2. The Labute approximate surface area is 194 Å². The highest BCUT2D eigenvalue weighted by molar-refractivity contribution is 14.0. The molecule has 2 aromatic rings. The van der Waals surface area contributed by atoms with Crippen LogP contribution in [0.1, 0.15) is 12.5 Å². The Kier molecular flexibility index (Phi) is 9.85. The second kappa shape index (κ2) is 12.4. The van der Waals surface area contributed by atoms with Crippen LogP contribution in [0.2, 0.25) is 0 Å². The summed E-state index contributed by atoms with van der Waals surface area (Å²) < 4.78 is 14.0. The third-order valence-electron chi connectivity index (χ3n) is 4.81. The van der Waals surface area contributed by atoms with Crippen molar-refractivity contribution in [3.63, 3.8) is 0 Å². The SMILES string of the molecule is CCNC(=NCC(=O)NCc1ccccc1)N1CCN(c2ccccc2F)CC1.I. The van der Waals surface area contributed by atoms with Gasteiger partial charge in [0.05, 0.1) is 5.69 Å². The van der Waals surface area contributed by atoms with E-state index in [2.05, 4.69) is 20.5 Å². The average Bonchev–Trinajstić information content (AvgIpc) is 2.76. The molecule has 0 saturated carbocycles. The van der Waals surface area contributed by atoms with Crippen molar-refractivity contribution in [2.24, 2.45) is 4.99 Å². The van der Waals surface area contributed by atoms with Crippen LogP contribution in [0.4, 0.5) is 10.1 Å². The molecular formula is C22H29FIN5O. The monoisotopic (exact) mass is 525 g/mol. The standard InChI is InChI=1S/C22H28FN5O.HI/c1-2-24-22(26-17-21(29)25-16-18-8-4-3-5-9-18)28-14-12-27(13-15-28)20-11-7-6-10-19(20)23;/h3-11H,2,12-17H2,1H3,(H,24,26)(H,25,29);1H. The van der Waals surface area contributed by atoms with Crippen LogP contribution >= 0.6 is 24.0 Å². The highest BCUT2D eigenvalue weighted by atomic mass is 127. The molecule has 1 aliphatic rings. The zero-order valence-corrected chi connectivity index (χ0v) is 19.5. The first-order valence-corrected chi connectivity index (χ1v) is 10.0. The van der Waals surface area contributed by atoms with Crippen LogP contribution in [0.5, 0.6) is 0 Å². The number of amides is 1. The lowest BCUT2D eigenvalue weighted by Gasteiger charge is -2.37. The summed E-state index contributed by atoms with van der Waals surface area (Å²) in [5.74, 6) is 0.404. The minimum Gasteiger partial charge on any atom is -0.366 e. The number of hydrogen-bond acceptors (Lipinski definition) is 3. The number of halogens is 2. The topological polar surface area (TPSA) is 60.0 Å². The molecule has 1 heterocycles. The summed E-state index contributed by atoms with van der Waals surface area (Å²) in [6.07, 6.45) is 0. The van der Waals surface area contributed by atoms with Gasteiger partial charge in [-0.05, 0) is 24.6 Å². The molecule has 1 amide bonds. The molecule has 0 unspecified atom stereocenters. The van der Waals surface area contributed by atoms with Crippen LogP contribution in [0, 0.1) is 5.82 Å². The molecule has 0 atom stereocenters. The second-order valence-electron chi connectivity index (χ2n) is 6.86. The fourth-order valence-electron chi connectivity index (χ4n) is 3.29. The van der Waals surface area contributed by atoms with E-state index >= 15 is 0 Å². The van der Waals surface area contributed by atoms with Gasteiger partial charge in [0.1, 0.15) is 12.4 Å². The maximum absolute atomic E-state index is 14.0. The number of anilines is 1. The Morgan fingerprint density at radius 1 is 1.00 bits per heavy atom. The fourth-order valence-corrected chi connectivity index (χ4v) is 3.29. The van der Waals surface area contributed by atoms with E-state index in [0.717, 1.165) is 18.1 Å². The van der Waals surface area contributed by atoms with E-state index < -0.39 is 0 Å². The molecular weight excluding hydrogens is 496 g/mol. The number of rotatable bonds is 6. The molecule has 1 saturated heterocycles. The zero-order valence-electron chi connectivity index (χ0n) is 17.2. The molecule has 3 rings (SSSR count). The van der Waals surface area contributed by atoms with E-state index in [9.17, 15) is 9.18 Å². The van der Waals surface area contributed by atoms with Gasteiger partial charge in [0.2, 0.25) is 5.91 Å². The van der Waals surface area contributed by atoms with Gasteiger partial charge in [-0.25, -0.2) is 9.38 Å². The van der Waals surface area contributed by atoms with Crippen molar-refractivity contribution >= 4 is 41.5 Å². The maximum atomic E-state index is 14.0. The third-order valence-corrected chi connectivity index (χ3v) is 4.81. The van der Waals surface area contributed by atoms with E-state index in [4.69, 9.17) is 0 Å². The summed E-state index contributed by atoms with van der Waals surface area (Å²) in [4.78, 5) is 20.8. The predicted octanol–water partition coefficient (Wildman–Crippen LogP) is 2.85. The van der Waals surface area contributed by atoms with Gasteiger partial charge in [0.15, 0.2) is 5.96 Å². The molecule has 0 spiro atoms. The molecule has 0 radical (unpaired) electrons. The fraction of sp³-hybridized carbons (Fsp3) is 0.364. The highest BCUT2D eigenvalue weighted by Crippen LogP contribution is 2.20. The normalized spacial score (nSPS) is 14.1. The number of hydrogen-bond donors (Lipinski definition) is 2. The van der Waals surface area contributed by atoms with Crippen LogP contribution in [-0.2, 0) is 11.3 Å². The Hall–Kier alpha value is -2.36. The van der Waals surface area contributed by atoms with Crippen molar-refractivity contribution in [2.45, 2.75) is 13.5 Å². The van der Waals surface area contributed by atoms with Crippen LogP contribution in [-0.4, -0.2) is 56.0 Å². The number of aliphatic imine (C=N–C) groups is 1. The number of carbonyl (C=O) groups excluding carboxylic acids is 1. The largest absolute Gasteiger partial charge is 0.366 e. The average molecular weight is 525 g/mol. The van der Waals surface area contributed by atoms with Crippen molar-refractivity contribution in [1.29, 1.82) is 0 Å². The summed E-state index contributed by atoms with van der Waals surface area (Å²) in [5, 5.41) is 6.14. The minimum atomic E-state index is -0.198. The van der Waals surface area contributed by atoms with Gasteiger partial charge in [-0.15, -0.1) is 24.0 Å². The Bertz CT molecular complexity index is 825. The first-order valence-electron chi connectivity index (χ1n) is 10.0. The van der Waals surface area contributed by atoms with Gasteiger partial charge in [-0.3, -0.25) is 4.79 Å². The molecule has 162 valence electrons. The molecule has 30 heavy (non-hydrogen) atoms. The molecule has 8 heteroatoms. The highest BCUT2D eigenvalue weighted by Gasteiger charge is 2.21. The number of nitrogens with one attached hydrogen (secondary N) is 2. The van der Waals surface area contributed by atoms with Gasteiger partial charge in [-0.2, -0.15) is 0 Å². The van der Waals surface area contributed by atoms with E-state index in [0.29, 0.717) is 38.4 Å². The van der Waals surface area contributed by atoms with E-state index in [1.165, 1.54) is 6.07 Å². The van der Waals surface area contributed by atoms with Gasteiger partial charge in [0.25, 0.3) is 0 Å². The van der Waals surface area contributed by atoms with Crippen LogP contribution in [0.3, 0.4) is 0 Å². The van der Waals surface area contributed by atoms with Crippen molar-refractivity contribution in [3.05, 3.63) is 66.0 Å². The number of para-hydroxylation sites is 1. The molecule has 2 N–H and O–H groups in total.